The molecule has 0 bridgehead atoms. The zero-order valence-corrected chi connectivity index (χ0v) is 13.1. The van der Waals surface area contributed by atoms with Gasteiger partial charge in [0.15, 0.2) is 0 Å². The van der Waals surface area contributed by atoms with E-state index < -0.39 is 10.0 Å². The fourth-order valence-corrected chi connectivity index (χ4v) is 4.07. The lowest BCUT2D eigenvalue weighted by atomic mass is 10.0. The highest BCUT2D eigenvalue weighted by atomic mass is 32.2. The number of rotatable bonds is 3. The Kier molecular flexibility index (Phi) is 4.82. The summed E-state index contributed by atoms with van der Waals surface area (Å²) in [6.45, 7) is 2.24. The molecule has 112 valence electrons. The van der Waals surface area contributed by atoms with E-state index in [0.29, 0.717) is 11.5 Å². The fraction of sp³-hybridized carbons (Fsp3) is 0.615. The lowest BCUT2D eigenvalue weighted by Gasteiger charge is -2.15. The van der Waals surface area contributed by atoms with Gasteiger partial charge in [0.2, 0.25) is 10.0 Å². The summed E-state index contributed by atoms with van der Waals surface area (Å²) in [5, 5.41) is 9.57. The summed E-state index contributed by atoms with van der Waals surface area (Å²) in [6.07, 6.45) is 5.43. The third kappa shape index (κ3) is 4.04. The molecule has 2 rings (SSSR count). The van der Waals surface area contributed by atoms with E-state index in [0.717, 1.165) is 37.0 Å². The number of hydrogen-bond acceptors (Lipinski definition) is 4. The van der Waals surface area contributed by atoms with Crippen LogP contribution >= 0.6 is 11.3 Å². The summed E-state index contributed by atoms with van der Waals surface area (Å²) in [5.74, 6) is 0.503. The van der Waals surface area contributed by atoms with Crippen molar-refractivity contribution in [1.29, 1.82) is 0 Å². The summed E-state index contributed by atoms with van der Waals surface area (Å²) in [4.78, 5) is 12.1. The molecule has 0 radical (unpaired) electrons. The lowest BCUT2D eigenvalue weighted by molar-refractivity contribution is 0.0933. The first kappa shape index (κ1) is 15.5. The molecule has 20 heavy (non-hydrogen) atoms. The Labute approximate surface area is 123 Å². The van der Waals surface area contributed by atoms with Gasteiger partial charge in [-0.15, -0.1) is 11.3 Å². The van der Waals surface area contributed by atoms with Gasteiger partial charge in [-0.2, -0.15) is 0 Å². The molecule has 1 saturated carbocycles. The van der Waals surface area contributed by atoms with Crippen LogP contribution in [0.5, 0.6) is 0 Å². The molecule has 1 fully saturated rings. The van der Waals surface area contributed by atoms with Gasteiger partial charge in [-0.05, 0) is 31.2 Å². The molecule has 1 aromatic heterocycles. The second kappa shape index (κ2) is 6.24. The molecule has 1 aromatic rings. The van der Waals surface area contributed by atoms with Gasteiger partial charge in [0.25, 0.3) is 5.91 Å². The van der Waals surface area contributed by atoms with Gasteiger partial charge in [0.05, 0.1) is 5.56 Å². The average Bonchev–Trinajstić information content (AvgIpc) is 2.77. The summed E-state index contributed by atoms with van der Waals surface area (Å²) in [6, 6.07) is 1.53. The van der Waals surface area contributed by atoms with Crippen molar-refractivity contribution in [1.82, 2.24) is 5.32 Å². The van der Waals surface area contributed by atoms with E-state index in [4.69, 9.17) is 5.14 Å². The van der Waals surface area contributed by atoms with Crippen molar-refractivity contribution in [3.8, 4) is 0 Å². The number of nitrogens with two attached hydrogens (primary N) is 1. The van der Waals surface area contributed by atoms with Crippen molar-refractivity contribution in [3.05, 3.63) is 17.0 Å². The molecule has 3 N–H and O–H groups in total. The number of primary sulfonamides is 1. The first-order chi connectivity index (χ1) is 9.36. The number of hydrogen-bond donors (Lipinski definition) is 2. The monoisotopic (exact) mass is 316 g/mol. The quantitative estimate of drug-likeness (QED) is 0.837. The number of carbonyl (C=O) groups is 1. The van der Waals surface area contributed by atoms with Crippen LogP contribution in [-0.2, 0) is 10.0 Å². The average molecular weight is 316 g/mol. The molecule has 0 aromatic carbocycles. The molecule has 0 saturated heterocycles. The second-order valence-electron chi connectivity index (χ2n) is 5.48. The van der Waals surface area contributed by atoms with E-state index in [1.165, 1.54) is 17.9 Å². The van der Waals surface area contributed by atoms with Crippen LogP contribution in [0.25, 0.3) is 0 Å². The number of nitrogens with one attached hydrogen (secondary N) is 1. The van der Waals surface area contributed by atoms with Crippen LogP contribution in [0.15, 0.2) is 15.7 Å². The number of sulfonamides is 1. The van der Waals surface area contributed by atoms with Gasteiger partial charge in [0, 0.05) is 11.4 Å². The Morgan fingerprint density at radius 3 is 2.75 bits per heavy atom. The van der Waals surface area contributed by atoms with Crippen LogP contribution in [0.3, 0.4) is 0 Å². The standard InChI is InChI=1S/C13H20N2O3S2/c1-9-3-2-4-11(6-5-9)15-13(16)10-7-12(19-8-10)20(14,17)18/h7-9,11H,2-6H2,1H3,(H,15,16)(H2,14,17,18). The van der Waals surface area contributed by atoms with Crippen LogP contribution in [0.4, 0.5) is 0 Å². The Balaban J connectivity index is 1.99. The van der Waals surface area contributed by atoms with Crippen molar-refractivity contribution in [3.63, 3.8) is 0 Å². The molecule has 1 heterocycles. The largest absolute Gasteiger partial charge is 0.349 e. The van der Waals surface area contributed by atoms with Crippen LogP contribution in [0.1, 0.15) is 49.4 Å². The van der Waals surface area contributed by atoms with E-state index in [2.05, 4.69) is 12.2 Å². The maximum Gasteiger partial charge on any atom is 0.252 e. The van der Waals surface area contributed by atoms with Gasteiger partial charge in [-0.1, -0.05) is 19.8 Å². The summed E-state index contributed by atoms with van der Waals surface area (Å²) >= 11 is 0.978. The Morgan fingerprint density at radius 2 is 2.10 bits per heavy atom. The maximum absolute atomic E-state index is 12.1. The molecule has 0 spiro atoms. The highest BCUT2D eigenvalue weighted by molar-refractivity contribution is 7.91. The van der Waals surface area contributed by atoms with Gasteiger partial charge in [-0.25, -0.2) is 13.6 Å². The van der Waals surface area contributed by atoms with Gasteiger partial charge >= 0.3 is 0 Å². The van der Waals surface area contributed by atoms with E-state index in [9.17, 15) is 13.2 Å². The molecular formula is C13H20N2O3S2. The smallest absolute Gasteiger partial charge is 0.252 e. The predicted octanol–water partition coefficient (Wildman–Crippen LogP) is 2.09. The van der Waals surface area contributed by atoms with Crippen molar-refractivity contribution < 1.29 is 13.2 Å². The molecular weight excluding hydrogens is 296 g/mol. The topological polar surface area (TPSA) is 89.3 Å². The van der Waals surface area contributed by atoms with E-state index in [1.807, 2.05) is 0 Å². The fourth-order valence-electron chi connectivity index (χ4n) is 2.48. The van der Waals surface area contributed by atoms with E-state index in [1.54, 1.807) is 0 Å². The maximum atomic E-state index is 12.1. The predicted molar refractivity (Wildman–Crippen MR) is 79.2 cm³/mol. The first-order valence-electron chi connectivity index (χ1n) is 6.78. The van der Waals surface area contributed by atoms with Crippen LogP contribution in [-0.4, -0.2) is 20.4 Å². The second-order valence-corrected chi connectivity index (χ2v) is 8.18. The van der Waals surface area contributed by atoms with E-state index >= 15 is 0 Å². The van der Waals surface area contributed by atoms with Crippen molar-refractivity contribution in [2.24, 2.45) is 11.1 Å². The highest BCUT2D eigenvalue weighted by Gasteiger charge is 2.20. The normalized spacial score (nSPS) is 24.1. The van der Waals surface area contributed by atoms with Crippen LogP contribution < -0.4 is 10.5 Å². The molecule has 5 nitrogen and oxygen atoms in total. The molecule has 0 aliphatic heterocycles. The highest BCUT2D eigenvalue weighted by Crippen LogP contribution is 2.23. The molecule has 2 atom stereocenters. The zero-order chi connectivity index (χ0) is 14.8. The number of thiophene rings is 1. The first-order valence-corrected chi connectivity index (χ1v) is 9.21. The summed E-state index contributed by atoms with van der Waals surface area (Å²) in [7, 11) is -3.72. The minimum Gasteiger partial charge on any atom is -0.349 e. The molecule has 1 amide bonds. The Bertz CT molecular complexity index is 580. The van der Waals surface area contributed by atoms with Gasteiger partial charge in [0.1, 0.15) is 4.21 Å². The lowest BCUT2D eigenvalue weighted by Crippen LogP contribution is -2.34. The van der Waals surface area contributed by atoms with Gasteiger partial charge in [-0.3, -0.25) is 4.79 Å². The SMILES string of the molecule is CC1CCCC(NC(=O)c2csc(S(N)(=O)=O)c2)CC1. The van der Waals surface area contributed by atoms with Crippen molar-refractivity contribution >= 4 is 27.3 Å². The summed E-state index contributed by atoms with van der Waals surface area (Å²) in [5.41, 5.74) is 0.372. The minimum absolute atomic E-state index is 0.0251. The molecule has 1 aliphatic carbocycles. The number of carbonyl (C=O) groups excluding carboxylic acids is 1. The van der Waals surface area contributed by atoms with Crippen molar-refractivity contribution in [2.75, 3.05) is 0 Å². The molecule has 2 unspecified atom stereocenters. The third-order valence-corrected chi connectivity index (χ3v) is 6.10. The van der Waals surface area contributed by atoms with Crippen molar-refractivity contribution in [2.45, 2.75) is 49.3 Å². The van der Waals surface area contributed by atoms with Crippen LogP contribution in [0, 0.1) is 5.92 Å². The summed E-state index contributed by atoms with van der Waals surface area (Å²) < 4.78 is 22.4. The minimum atomic E-state index is -3.72. The number of amides is 1. The van der Waals surface area contributed by atoms with Crippen LogP contribution in [0.2, 0.25) is 0 Å². The van der Waals surface area contributed by atoms with Gasteiger partial charge < -0.3 is 5.32 Å². The molecule has 1 aliphatic rings. The third-order valence-electron chi connectivity index (χ3n) is 3.71. The van der Waals surface area contributed by atoms with E-state index in [-0.39, 0.29) is 16.2 Å². The Hall–Kier alpha value is -0.920. The Morgan fingerprint density at radius 1 is 1.35 bits per heavy atom. The zero-order valence-electron chi connectivity index (χ0n) is 11.5. The molecule has 7 heteroatoms.